The van der Waals surface area contributed by atoms with Crippen LogP contribution in [0.5, 0.6) is 0 Å². The summed E-state index contributed by atoms with van der Waals surface area (Å²) >= 11 is 0. The number of methoxy groups -OCH3 is 1. The molecule has 2 heterocycles. The third kappa shape index (κ3) is 4.50. The molecular weight excluding hydrogens is 444 g/mol. The first kappa shape index (κ1) is 23.8. The molecule has 3 rings (SSSR count). The van der Waals surface area contributed by atoms with Gasteiger partial charge in [-0.25, -0.2) is 0 Å². The molecule has 0 aliphatic carbocycles. The maximum atomic E-state index is 13.6. The van der Waals surface area contributed by atoms with Gasteiger partial charge in [0.1, 0.15) is 0 Å². The van der Waals surface area contributed by atoms with E-state index < -0.39 is 57.8 Å². The van der Waals surface area contributed by atoms with E-state index in [0.717, 1.165) is 23.1 Å². The Labute approximate surface area is 178 Å². The second-order valence-corrected chi connectivity index (χ2v) is 8.10. The van der Waals surface area contributed by atoms with E-state index in [1.165, 1.54) is 7.11 Å². The normalized spacial score (nSPS) is 18.8. The van der Waals surface area contributed by atoms with Gasteiger partial charge in [0.2, 0.25) is 0 Å². The lowest BCUT2D eigenvalue weighted by Crippen LogP contribution is -2.36. The van der Waals surface area contributed by atoms with E-state index in [4.69, 9.17) is 4.74 Å². The Kier molecular flexibility index (Phi) is 5.87. The van der Waals surface area contributed by atoms with Crippen LogP contribution in [0.3, 0.4) is 0 Å². The summed E-state index contributed by atoms with van der Waals surface area (Å²) < 4.78 is 85.5. The summed E-state index contributed by atoms with van der Waals surface area (Å²) in [6.45, 7) is 3.60. The Bertz CT molecular complexity index is 1090. The molecule has 1 aliphatic heterocycles. The molecule has 174 valence electrons. The van der Waals surface area contributed by atoms with Crippen molar-refractivity contribution in [1.82, 2.24) is 14.7 Å². The van der Waals surface area contributed by atoms with Crippen LogP contribution in [0, 0.1) is 5.41 Å². The maximum Gasteiger partial charge on any atom is 0.418 e. The summed E-state index contributed by atoms with van der Waals surface area (Å²) in [5.74, 6) is -1.11. The van der Waals surface area contributed by atoms with E-state index in [9.17, 15) is 35.9 Å². The number of ether oxygens (including phenoxy) is 1. The van der Waals surface area contributed by atoms with Gasteiger partial charge < -0.3 is 9.64 Å². The average molecular weight is 463 g/mol. The van der Waals surface area contributed by atoms with Gasteiger partial charge in [-0.15, -0.1) is 0 Å². The summed E-state index contributed by atoms with van der Waals surface area (Å²) in [6.07, 6.45) is -10.3. The van der Waals surface area contributed by atoms with Gasteiger partial charge in [0.05, 0.1) is 22.9 Å². The molecule has 6 nitrogen and oxygen atoms in total. The SMILES string of the molecule is COC1CN(C(=O)c2nn(-c3cccc(C(F)(F)F)c3)c(=O)cc2C(F)(F)F)CC1(C)C. The van der Waals surface area contributed by atoms with Crippen LogP contribution in [0.1, 0.15) is 35.5 Å². The molecule has 1 amide bonds. The molecule has 1 fully saturated rings. The summed E-state index contributed by atoms with van der Waals surface area (Å²) in [4.78, 5) is 26.4. The smallest absolute Gasteiger partial charge is 0.379 e. The second-order valence-electron chi connectivity index (χ2n) is 8.10. The third-order valence-electron chi connectivity index (χ3n) is 5.29. The lowest BCUT2D eigenvalue weighted by molar-refractivity contribution is -0.138. The topological polar surface area (TPSA) is 64.4 Å². The zero-order valence-corrected chi connectivity index (χ0v) is 17.2. The van der Waals surface area contributed by atoms with Crippen molar-refractivity contribution < 1.29 is 35.9 Å². The van der Waals surface area contributed by atoms with Crippen LogP contribution in [0.15, 0.2) is 35.1 Å². The third-order valence-corrected chi connectivity index (χ3v) is 5.29. The van der Waals surface area contributed by atoms with Crippen molar-refractivity contribution in [3.05, 3.63) is 57.5 Å². The molecule has 1 unspecified atom stereocenters. The fraction of sp³-hybridized carbons (Fsp3) is 0.450. The Morgan fingerprint density at radius 3 is 2.31 bits per heavy atom. The molecule has 12 heteroatoms. The van der Waals surface area contributed by atoms with Crippen LogP contribution in [-0.2, 0) is 17.1 Å². The molecule has 1 aromatic heterocycles. The van der Waals surface area contributed by atoms with E-state index in [1.807, 2.05) is 0 Å². The van der Waals surface area contributed by atoms with Crippen molar-refractivity contribution in [1.29, 1.82) is 0 Å². The number of likely N-dealkylation sites (tertiary alicyclic amines) is 1. The number of alkyl halides is 6. The molecule has 0 spiro atoms. The molecular formula is C20H19F6N3O3. The van der Waals surface area contributed by atoms with E-state index >= 15 is 0 Å². The predicted molar refractivity (Wildman–Crippen MR) is 100 cm³/mol. The quantitative estimate of drug-likeness (QED) is 0.651. The standard InChI is InChI=1S/C20H19F6N3O3/c1-18(2)10-28(9-14(18)32-3)17(31)16-13(20(24,25)26)8-15(30)29(27-16)12-6-4-5-11(7-12)19(21,22)23/h4-8,14H,9-10H2,1-3H3. The number of rotatable bonds is 3. The van der Waals surface area contributed by atoms with Gasteiger partial charge in [-0.05, 0) is 18.2 Å². The monoisotopic (exact) mass is 463 g/mol. The molecule has 0 bridgehead atoms. The average Bonchev–Trinajstić information content (AvgIpc) is 3.00. The molecule has 0 saturated carbocycles. The minimum Gasteiger partial charge on any atom is -0.379 e. The summed E-state index contributed by atoms with van der Waals surface area (Å²) in [5.41, 5.74) is -6.08. The highest BCUT2D eigenvalue weighted by atomic mass is 19.4. The number of carbonyl (C=O) groups excluding carboxylic acids is 1. The molecule has 0 radical (unpaired) electrons. The van der Waals surface area contributed by atoms with Crippen LogP contribution in [0.4, 0.5) is 26.3 Å². The summed E-state index contributed by atoms with van der Waals surface area (Å²) in [5, 5.41) is 3.56. The van der Waals surface area contributed by atoms with E-state index in [0.29, 0.717) is 10.7 Å². The highest BCUT2D eigenvalue weighted by molar-refractivity contribution is 5.94. The van der Waals surface area contributed by atoms with Gasteiger partial charge in [-0.3, -0.25) is 9.59 Å². The van der Waals surface area contributed by atoms with Crippen molar-refractivity contribution in [2.45, 2.75) is 32.3 Å². The molecule has 1 saturated heterocycles. The lowest BCUT2D eigenvalue weighted by atomic mass is 9.90. The summed E-state index contributed by atoms with van der Waals surface area (Å²) in [6, 6.07) is 3.52. The number of nitrogens with zero attached hydrogens (tertiary/aromatic N) is 3. The molecule has 1 atom stereocenters. The fourth-order valence-electron chi connectivity index (χ4n) is 3.63. The molecule has 2 aromatic rings. The number of amides is 1. The fourth-order valence-corrected chi connectivity index (χ4v) is 3.63. The largest absolute Gasteiger partial charge is 0.418 e. The highest BCUT2D eigenvalue weighted by Crippen LogP contribution is 2.35. The van der Waals surface area contributed by atoms with Crippen LogP contribution >= 0.6 is 0 Å². The van der Waals surface area contributed by atoms with Gasteiger partial charge in [0.25, 0.3) is 11.5 Å². The zero-order valence-electron chi connectivity index (χ0n) is 17.2. The van der Waals surface area contributed by atoms with Gasteiger partial charge >= 0.3 is 12.4 Å². The van der Waals surface area contributed by atoms with Crippen molar-refractivity contribution in [2.24, 2.45) is 5.41 Å². The maximum absolute atomic E-state index is 13.6. The van der Waals surface area contributed by atoms with E-state index in [-0.39, 0.29) is 19.2 Å². The highest BCUT2D eigenvalue weighted by Gasteiger charge is 2.45. The zero-order chi connectivity index (χ0) is 24.1. The minimum absolute atomic E-state index is 0.00992. The number of carbonyl (C=O) groups is 1. The number of aromatic nitrogens is 2. The number of benzene rings is 1. The van der Waals surface area contributed by atoms with Crippen molar-refractivity contribution in [3.63, 3.8) is 0 Å². The Morgan fingerprint density at radius 1 is 1.12 bits per heavy atom. The van der Waals surface area contributed by atoms with E-state index in [2.05, 4.69) is 5.10 Å². The number of hydrogen-bond acceptors (Lipinski definition) is 4. The number of halogens is 6. The van der Waals surface area contributed by atoms with Crippen molar-refractivity contribution in [3.8, 4) is 5.69 Å². The Morgan fingerprint density at radius 2 is 1.78 bits per heavy atom. The van der Waals surface area contributed by atoms with Gasteiger partial charge in [0.15, 0.2) is 5.69 Å². The van der Waals surface area contributed by atoms with Crippen LogP contribution in [0.2, 0.25) is 0 Å². The van der Waals surface area contributed by atoms with Crippen LogP contribution < -0.4 is 5.56 Å². The lowest BCUT2D eigenvalue weighted by Gasteiger charge is -2.23. The molecule has 32 heavy (non-hydrogen) atoms. The van der Waals surface area contributed by atoms with Gasteiger partial charge in [-0.2, -0.15) is 36.1 Å². The van der Waals surface area contributed by atoms with Crippen LogP contribution in [-0.4, -0.2) is 46.9 Å². The second kappa shape index (κ2) is 7.91. The Balaban J connectivity index is 2.14. The molecule has 1 aliphatic rings. The van der Waals surface area contributed by atoms with Crippen molar-refractivity contribution >= 4 is 5.91 Å². The van der Waals surface area contributed by atoms with E-state index in [1.54, 1.807) is 13.8 Å². The first-order valence-corrected chi connectivity index (χ1v) is 9.36. The Hall–Kier alpha value is -2.89. The first-order chi connectivity index (χ1) is 14.6. The van der Waals surface area contributed by atoms with Crippen LogP contribution in [0.25, 0.3) is 5.69 Å². The molecule has 1 aromatic carbocycles. The van der Waals surface area contributed by atoms with Gasteiger partial charge in [0, 0.05) is 31.7 Å². The van der Waals surface area contributed by atoms with Gasteiger partial charge in [-0.1, -0.05) is 19.9 Å². The van der Waals surface area contributed by atoms with Crippen molar-refractivity contribution in [2.75, 3.05) is 20.2 Å². The predicted octanol–water partition coefficient (Wildman–Crippen LogP) is 3.77. The number of hydrogen-bond donors (Lipinski definition) is 0. The molecule has 0 N–H and O–H groups in total. The summed E-state index contributed by atoms with van der Waals surface area (Å²) in [7, 11) is 1.41. The first-order valence-electron chi connectivity index (χ1n) is 9.36. The minimum atomic E-state index is -5.08.